The van der Waals surface area contributed by atoms with E-state index in [0.717, 1.165) is 61.4 Å². The second-order valence-corrected chi connectivity index (χ2v) is 11.4. The fraction of sp³-hybridized carbons (Fsp3) is 0.0811. The SMILES string of the molecule is CC1(C)c2ccccc2-c2c(-n3c4ccccc4c4ccc5oc6ccccc6c5c43)nc(-c3ccccc3)nc21. The molecule has 0 radical (unpaired) electrons. The Labute approximate surface area is 236 Å². The summed E-state index contributed by atoms with van der Waals surface area (Å²) in [7, 11) is 0. The van der Waals surface area contributed by atoms with Gasteiger partial charge in [-0.2, -0.15) is 0 Å². The molecule has 1 aliphatic carbocycles. The molecule has 3 aromatic heterocycles. The van der Waals surface area contributed by atoms with E-state index in [1.54, 1.807) is 0 Å². The Hall–Kier alpha value is -5.22. The first-order chi connectivity index (χ1) is 20.1. The summed E-state index contributed by atoms with van der Waals surface area (Å²) >= 11 is 0. The van der Waals surface area contributed by atoms with Gasteiger partial charge in [0, 0.05) is 32.7 Å². The van der Waals surface area contributed by atoms with E-state index in [-0.39, 0.29) is 5.41 Å². The van der Waals surface area contributed by atoms with Gasteiger partial charge in [-0.1, -0.05) is 105 Å². The molecular formula is C37H25N3O. The molecule has 5 aromatic carbocycles. The maximum atomic E-state index is 6.38. The monoisotopic (exact) mass is 527 g/mol. The number of hydrogen-bond acceptors (Lipinski definition) is 3. The number of rotatable bonds is 2. The molecule has 0 spiro atoms. The van der Waals surface area contributed by atoms with Crippen LogP contribution < -0.4 is 0 Å². The van der Waals surface area contributed by atoms with Crippen molar-refractivity contribution in [3.63, 3.8) is 0 Å². The Kier molecular flexibility index (Phi) is 4.36. The van der Waals surface area contributed by atoms with Crippen LogP contribution in [0.15, 0.2) is 120 Å². The highest BCUT2D eigenvalue weighted by Crippen LogP contribution is 2.51. The topological polar surface area (TPSA) is 43.9 Å². The minimum atomic E-state index is -0.274. The predicted molar refractivity (Wildman–Crippen MR) is 167 cm³/mol. The summed E-state index contributed by atoms with van der Waals surface area (Å²) in [6.45, 7) is 4.55. The third kappa shape index (κ3) is 2.94. The van der Waals surface area contributed by atoms with Crippen molar-refractivity contribution in [3.8, 4) is 28.3 Å². The Bertz CT molecular complexity index is 2340. The van der Waals surface area contributed by atoms with Gasteiger partial charge in [0.15, 0.2) is 5.82 Å². The van der Waals surface area contributed by atoms with Crippen molar-refractivity contribution in [2.24, 2.45) is 0 Å². The highest BCUT2D eigenvalue weighted by molar-refractivity contribution is 6.24. The molecule has 1 aliphatic rings. The molecule has 0 atom stereocenters. The fourth-order valence-electron chi connectivity index (χ4n) is 6.89. The van der Waals surface area contributed by atoms with Crippen molar-refractivity contribution in [3.05, 3.63) is 127 Å². The van der Waals surface area contributed by atoms with Crippen molar-refractivity contribution < 1.29 is 4.42 Å². The lowest BCUT2D eigenvalue weighted by atomic mass is 9.85. The number of hydrogen-bond donors (Lipinski definition) is 0. The van der Waals surface area contributed by atoms with Gasteiger partial charge in [0.05, 0.1) is 22.1 Å². The Morgan fingerprint density at radius 3 is 2.24 bits per heavy atom. The largest absolute Gasteiger partial charge is 0.456 e. The normalized spacial score (nSPS) is 13.8. The van der Waals surface area contributed by atoms with E-state index in [1.165, 1.54) is 21.9 Å². The molecule has 194 valence electrons. The van der Waals surface area contributed by atoms with Crippen molar-refractivity contribution in [1.82, 2.24) is 14.5 Å². The summed E-state index contributed by atoms with van der Waals surface area (Å²) in [4.78, 5) is 10.7. The predicted octanol–water partition coefficient (Wildman–Crippen LogP) is 9.45. The first-order valence-corrected chi connectivity index (χ1v) is 14.0. The van der Waals surface area contributed by atoms with Gasteiger partial charge in [-0.3, -0.25) is 4.57 Å². The van der Waals surface area contributed by atoms with Crippen LogP contribution in [-0.4, -0.2) is 14.5 Å². The zero-order valence-corrected chi connectivity index (χ0v) is 22.7. The van der Waals surface area contributed by atoms with Crippen LogP contribution in [0.5, 0.6) is 0 Å². The Morgan fingerprint density at radius 2 is 1.37 bits per heavy atom. The molecule has 4 heteroatoms. The van der Waals surface area contributed by atoms with Gasteiger partial charge in [-0.25, -0.2) is 9.97 Å². The third-order valence-electron chi connectivity index (χ3n) is 8.77. The number of nitrogens with zero attached hydrogens (tertiary/aromatic N) is 3. The molecule has 0 saturated carbocycles. The summed E-state index contributed by atoms with van der Waals surface area (Å²) in [5.41, 5.74) is 9.32. The molecule has 9 rings (SSSR count). The minimum absolute atomic E-state index is 0.274. The van der Waals surface area contributed by atoms with Gasteiger partial charge >= 0.3 is 0 Å². The Balaban J connectivity index is 1.53. The van der Waals surface area contributed by atoms with E-state index in [0.29, 0.717) is 0 Å². The van der Waals surface area contributed by atoms with Crippen molar-refractivity contribution in [2.75, 3.05) is 0 Å². The molecule has 0 unspecified atom stereocenters. The summed E-state index contributed by atoms with van der Waals surface area (Å²) in [5, 5.41) is 4.58. The molecule has 0 N–H and O–H groups in total. The van der Waals surface area contributed by atoms with Crippen LogP contribution >= 0.6 is 0 Å². The lowest BCUT2D eigenvalue weighted by Gasteiger charge is -2.21. The van der Waals surface area contributed by atoms with Gasteiger partial charge in [0.25, 0.3) is 0 Å². The van der Waals surface area contributed by atoms with Gasteiger partial charge in [0.2, 0.25) is 0 Å². The average molecular weight is 528 g/mol. The first kappa shape index (κ1) is 22.6. The highest BCUT2D eigenvalue weighted by atomic mass is 16.3. The van der Waals surface area contributed by atoms with E-state index < -0.39 is 0 Å². The van der Waals surface area contributed by atoms with Crippen molar-refractivity contribution >= 4 is 43.7 Å². The molecule has 0 amide bonds. The molecule has 0 bridgehead atoms. The molecule has 8 aromatic rings. The maximum absolute atomic E-state index is 6.38. The summed E-state index contributed by atoms with van der Waals surface area (Å²) < 4.78 is 8.74. The lowest BCUT2D eigenvalue weighted by Crippen LogP contribution is -2.18. The number of fused-ring (bicyclic) bond motifs is 10. The first-order valence-electron chi connectivity index (χ1n) is 14.0. The van der Waals surface area contributed by atoms with Crippen LogP contribution in [-0.2, 0) is 5.41 Å². The van der Waals surface area contributed by atoms with Gasteiger partial charge in [-0.15, -0.1) is 0 Å². The van der Waals surface area contributed by atoms with E-state index in [4.69, 9.17) is 14.4 Å². The van der Waals surface area contributed by atoms with Gasteiger partial charge in [-0.05, 0) is 35.4 Å². The Morgan fingerprint density at radius 1 is 0.634 bits per heavy atom. The molecule has 41 heavy (non-hydrogen) atoms. The summed E-state index contributed by atoms with van der Waals surface area (Å²) in [6, 6.07) is 40.2. The molecule has 3 heterocycles. The smallest absolute Gasteiger partial charge is 0.161 e. The van der Waals surface area contributed by atoms with Crippen LogP contribution in [0.3, 0.4) is 0 Å². The highest BCUT2D eigenvalue weighted by Gasteiger charge is 2.40. The summed E-state index contributed by atoms with van der Waals surface area (Å²) in [6.07, 6.45) is 0. The molecule has 0 aliphatic heterocycles. The number of para-hydroxylation sites is 2. The van der Waals surface area contributed by atoms with E-state index in [9.17, 15) is 0 Å². The van der Waals surface area contributed by atoms with Crippen molar-refractivity contribution in [1.29, 1.82) is 0 Å². The quantitative estimate of drug-likeness (QED) is 0.225. The summed E-state index contributed by atoms with van der Waals surface area (Å²) in [5.74, 6) is 1.63. The van der Waals surface area contributed by atoms with Gasteiger partial charge in [0.1, 0.15) is 17.0 Å². The van der Waals surface area contributed by atoms with Crippen LogP contribution in [0.4, 0.5) is 0 Å². The second-order valence-electron chi connectivity index (χ2n) is 11.4. The van der Waals surface area contributed by atoms with Crippen LogP contribution in [0.25, 0.3) is 72.1 Å². The standard InChI is InChI=1S/C37H25N3O/c1-37(2)27-17-9-6-15-25(27)32-34(37)38-35(22-12-4-3-5-13-22)39-36(32)40-28-18-10-7-14-23(28)24-20-21-30-31(33(24)40)26-16-8-11-19-29(26)41-30/h3-21H,1-2H3. The minimum Gasteiger partial charge on any atom is -0.456 e. The second kappa shape index (κ2) is 7.92. The number of benzene rings is 5. The number of aromatic nitrogens is 3. The van der Waals surface area contributed by atoms with Crippen LogP contribution in [0.2, 0.25) is 0 Å². The number of furan rings is 1. The molecule has 0 saturated heterocycles. The van der Waals surface area contributed by atoms with Crippen LogP contribution in [0.1, 0.15) is 25.1 Å². The molecular weight excluding hydrogens is 502 g/mol. The van der Waals surface area contributed by atoms with Crippen molar-refractivity contribution in [2.45, 2.75) is 19.3 Å². The average Bonchev–Trinajstić information content (AvgIpc) is 3.63. The lowest BCUT2D eigenvalue weighted by molar-refractivity contribution is 0.635. The van der Waals surface area contributed by atoms with E-state index in [2.05, 4.69) is 103 Å². The van der Waals surface area contributed by atoms with E-state index in [1.807, 2.05) is 30.3 Å². The zero-order chi connectivity index (χ0) is 27.3. The third-order valence-corrected chi connectivity index (χ3v) is 8.77. The van der Waals surface area contributed by atoms with Gasteiger partial charge < -0.3 is 4.42 Å². The van der Waals surface area contributed by atoms with Crippen LogP contribution in [0, 0.1) is 0 Å². The molecule has 0 fully saturated rings. The maximum Gasteiger partial charge on any atom is 0.161 e. The zero-order valence-electron chi connectivity index (χ0n) is 22.7. The molecule has 4 nitrogen and oxygen atoms in total. The fourth-order valence-corrected chi connectivity index (χ4v) is 6.89. The van der Waals surface area contributed by atoms with E-state index >= 15 is 0 Å².